The fourth-order valence-corrected chi connectivity index (χ4v) is 11.5. The number of imide groups is 1. The lowest BCUT2D eigenvalue weighted by molar-refractivity contribution is 0.0657. The Morgan fingerprint density at radius 3 is 1.81 bits per heavy atom. The summed E-state index contributed by atoms with van der Waals surface area (Å²) in [5.41, 5.74) is 3.36. The highest BCUT2D eigenvalue weighted by atomic mass is 32.3. The number of carbonyl (C=O) groups is 2. The minimum absolute atomic E-state index is 0.0375. The second-order valence-corrected chi connectivity index (χ2v) is 15.9. The summed E-state index contributed by atoms with van der Waals surface area (Å²) < 4.78 is 55.3. The van der Waals surface area contributed by atoms with Crippen LogP contribution in [0.2, 0.25) is 0 Å². The van der Waals surface area contributed by atoms with Crippen molar-refractivity contribution in [2.45, 2.75) is 46.0 Å². The van der Waals surface area contributed by atoms with Crippen molar-refractivity contribution in [3.8, 4) is 0 Å². The molecule has 3 aromatic rings. The molecule has 0 spiro atoms. The largest absolute Gasteiger partial charge is 0.274 e. The first-order valence-electron chi connectivity index (χ1n) is 14.2. The van der Waals surface area contributed by atoms with Crippen molar-refractivity contribution >= 4 is 31.5 Å². The molecule has 7 nitrogen and oxygen atoms in total. The molecule has 0 aromatic heterocycles. The van der Waals surface area contributed by atoms with Gasteiger partial charge in [-0.1, -0.05) is 72.8 Å². The van der Waals surface area contributed by atoms with E-state index in [2.05, 4.69) is 6.58 Å². The summed E-state index contributed by atoms with van der Waals surface area (Å²) in [6, 6.07) is 22.3. The minimum Gasteiger partial charge on any atom is -0.274 e. The Morgan fingerprint density at radius 2 is 1.28 bits per heavy atom. The molecular weight excluding hydrogens is 583 g/mol. The van der Waals surface area contributed by atoms with Gasteiger partial charge >= 0.3 is 0 Å². The first kappa shape index (κ1) is 29.0. The van der Waals surface area contributed by atoms with E-state index in [0.29, 0.717) is 36.0 Å². The van der Waals surface area contributed by atoms with Crippen molar-refractivity contribution in [2.75, 3.05) is 6.54 Å². The lowest BCUT2D eigenvalue weighted by Gasteiger charge is -2.42. The van der Waals surface area contributed by atoms with Crippen molar-refractivity contribution < 1.29 is 26.4 Å². The predicted molar refractivity (Wildman–Crippen MR) is 164 cm³/mol. The molecule has 0 N–H and O–H groups in total. The number of hydrogen-bond acceptors (Lipinski definition) is 6. The van der Waals surface area contributed by atoms with Crippen LogP contribution in [-0.2, 0) is 19.7 Å². The molecular formula is C34H31NO6S2. The molecule has 43 heavy (non-hydrogen) atoms. The molecule has 0 radical (unpaired) electrons. The van der Waals surface area contributed by atoms with Gasteiger partial charge < -0.3 is 0 Å². The van der Waals surface area contributed by atoms with E-state index < -0.39 is 29.7 Å². The van der Waals surface area contributed by atoms with Crippen LogP contribution in [0.1, 0.15) is 52.8 Å². The van der Waals surface area contributed by atoms with Crippen molar-refractivity contribution in [1.82, 2.24) is 4.90 Å². The summed E-state index contributed by atoms with van der Waals surface area (Å²) in [6.45, 7) is 4.52. The number of hydrogen-bond donors (Lipinski definition) is 0. The molecule has 2 aliphatic carbocycles. The van der Waals surface area contributed by atoms with Gasteiger partial charge in [0.2, 0.25) is 0 Å². The van der Waals surface area contributed by atoms with Crippen molar-refractivity contribution in [2.24, 2.45) is 5.92 Å². The van der Waals surface area contributed by atoms with Crippen LogP contribution in [0.3, 0.4) is 0 Å². The van der Waals surface area contributed by atoms with E-state index in [9.17, 15) is 26.4 Å². The van der Waals surface area contributed by atoms with Gasteiger partial charge in [-0.15, -0.1) is 0 Å². The molecule has 2 amide bonds. The van der Waals surface area contributed by atoms with Crippen molar-refractivity contribution in [1.29, 1.82) is 0 Å². The SMILES string of the molecule is C=C1/C(=C/CCN2C(=O)c3ccccc3C2=O)CCC2=CCC(S(=O)(=O)c3ccccc3)(S(=O)(=O)c3ccccc3)CC12. The maximum atomic E-state index is 14.3. The first-order chi connectivity index (χ1) is 20.6. The molecule has 3 aromatic carbocycles. The molecule has 0 bridgehead atoms. The lowest BCUT2D eigenvalue weighted by Crippen LogP contribution is -2.50. The van der Waals surface area contributed by atoms with Crippen LogP contribution in [0.15, 0.2) is 130 Å². The Morgan fingerprint density at radius 1 is 0.767 bits per heavy atom. The highest BCUT2D eigenvalue weighted by molar-refractivity contribution is 8.10. The average Bonchev–Trinajstić information content (AvgIpc) is 3.27. The molecule has 9 heteroatoms. The topological polar surface area (TPSA) is 106 Å². The van der Waals surface area contributed by atoms with Gasteiger partial charge in [-0.3, -0.25) is 14.5 Å². The van der Waals surface area contributed by atoms with Gasteiger partial charge in [0.1, 0.15) is 0 Å². The van der Waals surface area contributed by atoms with Crippen LogP contribution in [0, 0.1) is 5.92 Å². The number of carbonyl (C=O) groups excluding carboxylic acids is 2. The van der Waals surface area contributed by atoms with E-state index in [1.54, 1.807) is 66.7 Å². The number of rotatable bonds is 7. The monoisotopic (exact) mass is 613 g/mol. The normalized spacial score (nSPS) is 21.0. The van der Waals surface area contributed by atoms with E-state index >= 15 is 0 Å². The third-order valence-electron chi connectivity index (χ3n) is 8.86. The smallest absolute Gasteiger partial charge is 0.261 e. The number of fused-ring (bicyclic) bond motifs is 2. The van der Waals surface area contributed by atoms with Gasteiger partial charge in [-0.25, -0.2) is 16.8 Å². The molecule has 1 heterocycles. The lowest BCUT2D eigenvalue weighted by atomic mass is 9.72. The summed E-state index contributed by atoms with van der Waals surface area (Å²) in [4.78, 5) is 26.7. The third-order valence-corrected chi connectivity index (χ3v) is 14.6. The molecule has 3 aliphatic rings. The van der Waals surface area contributed by atoms with Crippen molar-refractivity contribution in [3.63, 3.8) is 0 Å². The Labute approximate surface area is 252 Å². The highest BCUT2D eigenvalue weighted by Gasteiger charge is 2.58. The van der Waals surface area contributed by atoms with Gasteiger partial charge in [-0.2, -0.15) is 0 Å². The van der Waals surface area contributed by atoms with Gasteiger partial charge in [0.15, 0.2) is 23.8 Å². The highest BCUT2D eigenvalue weighted by Crippen LogP contribution is 2.52. The molecule has 1 fully saturated rings. The van der Waals surface area contributed by atoms with Crippen LogP contribution in [-0.4, -0.2) is 44.2 Å². The zero-order valence-corrected chi connectivity index (χ0v) is 25.1. The van der Waals surface area contributed by atoms with Gasteiger partial charge in [0.25, 0.3) is 11.8 Å². The van der Waals surface area contributed by atoms with Gasteiger partial charge in [0, 0.05) is 18.9 Å². The molecule has 1 atom stereocenters. The molecule has 220 valence electrons. The fraction of sp³-hybridized carbons (Fsp3) is 0.235. The van der Waals surface area contributed by atoms with Gasteiger partial charge in [-0.05, 0) is 73.2 Å². The zero-order chi connectivity index (χ0) is 30.4. The third kappa shape index (κ3) is 4.62. The quantitative estimate of drug-likeness (QED) is 0.242. The van der Waals surface area contributed by atoms with Crippen molar-refractivity contribution in [3.05, 3.63) is 132 Å². The second kappa shape index (κ2) is 10.9. The number of nitrogens with zero attached hydrogens (tertiary/aromatic N) is 1. The summed E-state index contributed by atoms with van der Waals surface area (Å²) in [7, 11) is -8.72. The van der Waals surface area contributed by atoms with E-state index in [4.69, 9.17) is 0 Å². The number of sulfone groups is 2. The minimum atomic E-state index is -4.36. The Kier molecular flexibility index (Phi) is 7.34. The number of allylic oxidation sites excluding steroid dienone is 4. The maximum Gasteiger partial charge on any atom is 0.261 e. The number of benzene rings is 3. The number of amides is 2. The summed E-state index contributed by atoms with van der Waals surface area (Å²) >= 11 is 0. The van der Waals surface area contributed by atoms with E-state index in [1.807, 2.05) is 6.08 Å². The van der Waals surface area contributed by atoms with Gasteiger partial charge in [0.05, 0.1) is 20.9 Å². The first-order valence-corrected chi connectivity index (χ1v) is 17.2. The molecule has 1 saturated carbocycles. The van der Waals surface area contributed by atoms with Crippen LogP contribution in [0.5, 0.6) is 0 Å². The maximum absolute atomic E-state index is 14.3. The Balaban J connectivity index is 1.31. The van der Waals surface area contributed by atoms with E-state index in [0.717, 1.165) is 11.1 Å². The molecule has 6 rings (SSSR count). The average molecular weight is 614 g/mol. The molecule has 1 unspecified atom stereocenters. The second-order valence-electron chi connectivity index (χ2n) is 11.1. The van der Waals surface area contributed by atoms with Crippen LogP contribution >= 0.6 is 0 Å². The Hall–Kier alpha value is -4.08. The van der Waals surface area contributed by atoms with E-state index in [1.165, 1.54) is 29.2 Å². The molecule has 0 saturated heterocycles. The summed E-state index contributed by atoms with van der Waals surface area (Å²) in [5.74, 6) is -1.12. The summed E-state index contributed by atoms with van der Waals surface area (Å²) in [5, 5.41) is 0. The van der Waals surface area contributed by atoms with Crippen LogP contribution in [0.4, 0.5) is 0 Å². The Bertz CT molecular complexity index is 1800. The fourth-order valence-electron chi connectivity index (χ4n) is 6.50. The van der Waals surface area contributed by atoms with Crippen LogP contribution in [0.25, 0.3) is 0 Å². The zero-order valence-electron chi connectivity index (χ0n) is 23.5. The predicted octanol–water partition coefficient (Wildman–Crippen LogP) is 5.93. The molecule has 1 aliphatic heterocycles. The van der Waals surface area contributed by atoms with E-state index in [-0.39, 0.29) is 41.0 Å². The van der Waals surface area contributed by atoms with Crippen LogP contribution < -0.4 is 0 Å². The standard InChI is InChI=1S/C34H31NO6S2/c1-24-25(11-10-22-35-32(36)29-16-8-9-17-30(29)33(35)37)18-19-26-20-21-34(23-31(24)26,42(38,39)27-12-4-2-5-13-27)43(40,41)28-14-6-3-7-15-28/h2-9,11-17,20,31H,1,10,18-19,21-23H2/b25-11+. The summed E-state index contributed by atoms with van der Waals surface area (Å²) in [6.07, 6.45) is 5.14.